The van der Waals surface area contributed by atoms with Crippen LogP contribution in [0, 0.1) is 5.82 Å². The monoisotopic (exact) mass is 486 g/mol. The molecule has 2 bridgehead atoms. The predicted molar refractivity (Wildman–Crippen MR) is 140 cm³/mol. The zero-order valence-corrected chi connectivity index (χ0v) is 20.5. The van der Waals surface area contributed by atoms with Crippen molar-refractivity contribution in [3.63, 3.8) is 0 Å². The Kier molecular flexibility index (Phi) is 5.32. The van der Waals surface area contributed by atoms with E-state index < -0.39 is 0 Å². The van der Waals surface area contributed by atoms with Crippen molar-refractivity contribution in [1.29, 1.82) is 0 Å². The van der Waals surface area contributed by atoms with Gasteiger partial charge >= 0.3 is 6.01 Å². The van der Waals surface area contributed by atoms with Gasteiger partial charge in [-0.3, -0.25) is 0 Å². The first kappa shape index (κ1) is 22.0. The summed E-state index contributed by atoms with van der Waals surface area (Å²) in [4.78, 5) is 17.4. The highest BCUT2D eigenvalue weighted by atomic mass is 19.1. The van der Waals surface area contributed by atoms with Gasteiger partial charge in [0.2, 0.25) is 0 Å². The zero-order valence-electron chi connectivity index (χ0n) is 20.5. The van der Waals surface area contributed by atoms with Crippen LogP contribution in [0.1, 0.15) is 25.7 Å². The zero-order chi connectivity index (χ0) is 24.2. The molecule has 3 saturated heterocycles. The number of aromatic amines is 1. The van der Waals surface area contributed by atoms with E-state index in [0.29, 0.717) is 35.8 Å². The van der Waals surface area contributed by atoms with Gasteiger partial charge in [0.05, 0.1) is 0 Å². The Labute approximate surface area is 209 Å². The number of nitrogens with zero attached hydrogens (tertiary/aromatic N) is 4. The van der Waals surface area contributed by atoms with Crippen molar-refractivity contribution >= 4 is 27.6 Å². The molecule has 7 rings (SSSR count). The molecule has 3 fully saturated rings. The van der Waals surface area contributed by atoms with Gasteiger partial charge in [0.25, 0.3) is 0 Å². The topological polar surface area (TPSA) is 69.3 Å². The number of para-hydroxylation sites is 1. The molecule has 7 nitrogen and oxygen atoms in total. The molecule has 2 aromatic heterocycles. The van der Waals surface area contributed by atoms with Crippen LogP contribution in [0.5, 0.6) is 6.01 Å². The number of anilines is 1. The maximum atomic E-state index is 16.3. The Bertz CT molecular complexity index is 1420. The number of fused-ring (bicyclic) bond motifs is 4. The summed E-state index contributed by atoms with van der Waals surface area (Å²) in [6, 6.07) is 13.3. The van der Waals surface area contributed by atoms with Crippen molar-refractivity contribution in [3.8, 4) is 17.1 Å². The molecule has 2 N–H and O–H groups in total. The summed E-state index contributed by atoms with van der Waals surface area (Å²) < 4.78 is 22.4. The van der Waals surface area contributed by atoms with E-state index in [1.165, 1.54) is 19.3 Å². The van der Waals surface area contributed by atoms with Crippen LogP contribution in [0.3, 0.4) is 0 Å². The van der Waals surface area contributed by atoms with E-state index in [0.717, 1.165) is 53.7 Å². The summed E-state index contributed by atoms with van der Waals surface area (Å²) in [6.07, 6.45) is 6.47. The Hall–Kier alpha value is -3.23. The first-order chi connectivity index (χ1) is 17.6. The highest BCUT2D eigenvalue weighted by Crippen LogP contribution is 2.37. The van der Waals surface area contributed by atoms with Gasteiger partial charge in [-0.1, -0.05) is 24.3 Å². The first-order valence-corrected chi connectivity index (χ1v) is 13.0. The van der Waals surface area contributed by atoms with Gasteiger partial charge in [-0.2, -0.15) is 9.97 Å². The third-order valence-corrected chi connectivity index (χ3v) is 8.24. The maximum Gasteiger partial charge on any atom is 0.319 e. The number of likely N-dealkylation sites (tertiary alicyclic amines) is 1. The summed E-state index contributed by atoms with van der Waals surface area (Å²) in [5, 5.41) is 5.41. The lowest BCUT2D eigenvalue weighted by molar-refractivity contribution is 0.188. The molecule has 2 aromatic carbocycles. The van der Waals surface area contributed by atoms with Crippen molar-refractivity contribution in [1.82, 2.24) is 25.2 Å². The highest BCUT2D eigenvalue weighted by molar-refractivity contribution is 5.99. The van der Waals surface area contributed by atoms with Crippen LogP contribution in [0.4, 0.5) is 10.2 Å². The lowest BCUT2D eigenvalue weighted by Gasteiger charge is -2.34. The quantitative estimate of drug-likeness (QED) is 0.438. The fraction of sp³-hybridized carbons (Fsp3) is 0.429. The lowest BCUT2D eigenvalue weighted by Crippen LogP contribution is -2.51. The van der Waals surface area contributed by atoms with Gasteiger partial charge in [0.15, 0.2) is 5.82 Å². The molecule has 0 radical (unpaired) electrons. The Morgan fingerprint density at radius 3 is 2.64 bits per heavy atom. The third-order valence-electron chi connectivity index (χ3n) is 8.24. The number of likely N-dealkylation sites (N-methyl/N-ethyl adjacent to an activating group) is 1. The number of ether oxygens (including phenoxy) is 1. The number of aromatic nitrogens is 3. The minimum atomic E-state index is -0.332. The minimum absolute atomic E-state index is 0.263. The van der Waals surface area contributed by atoms with E-state index >= 15 is 4.39 Å². The molecule has 36 heavy (non-hydrogen) atoms. The standard InChI is InChI=1S/C28H31FN6O/c1-34-12-4-5-19(34)16-36-28-32-26-22(27(33-28)35-14-17-8-9-18(15-35)31-17)11-10-21(25(26)29)23-13-30-24-7-3-2-6-20(23)24/h2-3,6-7,10-11,13,17-19,30-31H,4-5,8-9,12,14-16H2,1H3/t17-,18+,19-/m0/s1. The number of hydrogen-bond acceptors (Lipinski definition) is 6. The summed E-state index contributed by atoms with van der Waals surface area (Å²) >= 11 is 0. The molecule has 5 heterocycles. The lowest BCUT2D eigenvalue weighted by atomic mass is 10.0. The molecule has 3 aliphatic heterocycles. The summed E-state index contributed by atoms with van der Waals surface area (Å²) in [5.74, 6) is 0.444. The minimum Gasteiger partial charge on any atom is -0.462 e. The first-order valence-electron chi connectivity index (χ1n) is 13.0. The second-order valence-electron chi connectivity index (χ2n) is 10.5. The van der Waals surface area contributed by atoms with Crippen molar-refractivity contribution < 1.29 is 9.13 Å². The van der Waals surface area contributed by atoms with Gasteiger partial charge in [-0.15, -0.1) is 0 Å². The molecule has 0 unspecified atom stereocenters. The molecular formula is C28H31FN6O. The van der Waals surface area contributed by atoms with Crippen molar-refractivity contribution in [2.24, 2.45) is 0 Å². The highest BCUT2D eigenvalue weighted by Gasteiger charge is 2.34. The van der Waals surface area contributed by atoms with Crippen molar-refractivity contribution in [3.05, 3.63) is 48.4 Å². The summed E-state index contributed by atoms with van der Waals surface area (Å²) in [6.45, 7) is 3.31. The molecule has 3 aliphatic rings. The number of benzene rings is 2. The van der Waals surface area contributed by atoms with E-state index in [-0.39, 0.29) is 11.8 Å². The normalized spacial score (nSPS) is 24.3. The van der Waals surface area contributed by atoms with Gasteiger partial charge < -0.3 is 24.8 Å². The second-order valence-corrected chi connectivity index (χ2v) is 10.5. The van der Waals surface area contributed by atoms with Gasteiger partial charge in [-0.05, 0) is 51.4 Å². The van der Waals surface area contributed by atoms with E-state index in [1.807, 2.05) is 42.6 Å². The van der Waals surface area contributed by atoms with E-state index in [2.05, 4.69) is 32.1 Å². The maximum absolute atomic E-state index is 16.3. The second kappa shape index (κ2) is 8.71. The largest absolute Gasteiger partial charge is 0.462 e. The number of nitrogens with one attached hydrogen (secondary N) is 2. The molecule has 0 saturated carbocycles. The van der Waals surface area contributed by atoms with Gasteiger partial charge in [0, 0.05) is 64.8 Å². The van der Waals surface area contributed by atoms with E-state index in [1.54, 1.807) is 0 Å². The van der Waals surface area contributed by atoms with Crippen LogP contribution >= 0.6 is 0 Å². The van der Waals surface area contributed by atoms with Crippen LogP contribution < -0.4 is 15.0 Å². The van der Waals surface area contributed by atoms with Crippen LogP contribution in [-0.4, -0.2) is 71.3 Å². The summed E-state index contributed by atoms with van der Waals surface area (Å²) in [7, 11) is 2.12. The molecule has 3 atom stereocenters. The SMILES string of the molecule is CN1CCC[C@H]1COc1nc(N2C[C@H]3CC[C@@H](C2)N3)c2ccc(-c3c[nH]c4ccccc34)c(F)c2n1. The molecule has 8 heteroatoms. The van der Waals surface area contributed by atoms with Crippen molar-refractivity contribution in [2.45, 2.75) is 43.8 Å². The Morgan fingerprint density at radius 1 is 1.00 bits per heavy atom. The number of piperazine rings is 1. The molecule has 0 spiro atoms. The number of hydrogen-bond donors (Lipinski definition) is 2. The average Bonchev–Trinajstić information content (AvgIpc) is 3.61. The fourth-order valence-corrected chi connectivity index (χ4v) is 6.26. The smallest absolute Gasteiger partial charge is 0.319 e. The molecular weight excluding hydrogens is 455 g/mol. The van der Waals surface area contributed by atoms with Crippen LogP contribution in [0.2, 0.25) is 0 Å². The molecule has 0 amide bonds. The van der Waals surface area contributed by atoms with Crippen LogP contribution in [-0.2, 0) is 0 Å². The number of H-pyrrole nitrogens is 1. The van der Waals surface area contributed by atoms with Crippen molar-refractivity contribution in [2.75, 3.05) is 38.2 Å². The molecule has 186 valence electrons. The molecule has 4 aromatic rings. The van der Waals surface area contributed by atoms with Crippen LogP contribution in [0.25, 0.3) is 32.9 Å². The molecule has 0 aliphatic carbocycles. The van der Waals surface area contributed by atoms with Gasteiger partial charge in [0.1, 0.15) is 17.9 Å². The van der Waals surface area contributed by atoms with Gasteiger partial charge in [-0.25, -0.2) is 4.39 Å². The predicted octanol–water partition coefficient (Wildman–Crippen LogP) is 4.33. The number of rotatable bonds is 5. The fourth-order valence-electron chi connectivity index (χ4n) is 6.26. The summed E-state index contributed by atoms with van der Waals surface area (Å²) in [5.41, 5.74) is 2.67. The Balaban J connectivity index is 1.33. The third kappa shape index (κ3) is 3.71. The average molecular weight is 487 g/mol. The van der Waals surface area contributed by atoms with Crippen LogP contribution in [0.15, 0.2) is 42.6 Å². The van der Waals surface area contributed by atoms with E-state index in [9.17, 15) is 0 Å². The van der Waals surface area contributed by atoms with E-state index in [4.69, 9.17) is 9.72 Å². The number of halogens is 1. The Morgan fingerprint density at radius 2 is 1.83 bits per heavy atom.